The van der Waals surface area contributed by atoms with Gasteiger partial charge in [-0.3, -0.25) is 19.8 Å². The zero-order valence-electron chi connectivity index (χ0n) is 20.3. The highest BCUT2D eigenvalue weighted by atomic mass is 32.2. The summed E-state index contributed by atoms with van der Waals surface area (Å²) in [6, 6.07) is 4.99. The molecule has 35 heavy (non-hydrogen) atoms. The van der Waals surface area contributed by atoms with Gasteiger partial charge >= 0.3 is 6.03 Å². The van der Waals surface area contributed by atoms with Crippen molar-refractivity contribution < 1.29 is 22.8 Å². The molecule has 10 nitrogen and oxygen atoms in total. The number of benzene rings is 1. The minimum absolute atomic E-state index is 0.0969. The van der Waals surface area contributed by atoms with E-state index < -0.39 is 27.9 Å². The Labute approximate surface area is 209 Å². The summed E-state index contributed by atoms with van der Waals surface area (Å²) in [6.07, 6.45) is 0.597. The van der Waals surface area contributed by atoms with Crippen molar-refractivity contribution in [2.75, 3.05) is 25.0 Å². The van der Waals surface area contributed by atoms with Gasteiger partial charge < -0.3 is 11.1 Å². The summed E-state index contributed by atoms with van der Waals surface area (Å²) in [5, 5.41) is 5.20. The number of urea groups is 1. The average molecular weight is 522 g/mol. The SMILES string of the molecule is CCN(CC)S(=O)(=O)c1ccc(C(=O)Nc2sc3c(c2C(=O)NC(N)=O)CCN(C(C)C)C3)cc1. The zero-order valence-corrected chi connectivity index (χ0v) is 21.9. The number of amides is 4. The standard InChI is InChI=1S/C23H31N5O5S2/c1-5-28(6-2)35(32,33)16-9-7-15(8-10-16)20(29)25-22-19(21(30)26-23(24)31)17-11-12-27(14(3)4)13-18(17)34-22/h7-10,14H,5-6,11-13H2,1-4H3,(H,25,29)(H3,24,26,30,31). The monoisotopic (exact) mass is 521 g/mol. The van der Waals surface area contributed by atoms with Crippen LogP contribution in [-0.2, 0) is 23.0 Å². The van der Waals surface area contributed by atoms with Crippen LogP contribution in [0.2, 0.25) is 0 Å². The normalized spacial score (nSPS) is 14.1. The molecule has 2 aromatic rings. The molecule has 0 atom stereocenters. The van der Waals surface area contributed by atoms with Crippen molar-refractivity contribution in [2.45, 2.75) is 51.6 Å². The van der Waals surface area contributed by atoms with Gasteiger partial charge in [-0.05, 0) is 50.1 Å². The van der Waals surface area contributed by atoms with E-state index in [9.17, 15) is 22.8 Å². The van der Waals surface area contributed by atoms with E-state index in [4.69, 9.17) is 5.73 Å². The number of nitrogens with two attached hydrogens (primary N) is 1. The van der Waals surface area contributed by atoms with Gasteiger partial charge in [-0.15, -0.1) is 11.3 Å². The lowest BCUT2D eigenvalue weighted by Gasteiger charge is -2.30. The maximum atomic E-state index is 13.0. The highest BCUT2D eigenvalue weighted by molar-refractivity contribution is 7.89. The van der Waals surface area contributed by atoms with Gasteiger partial charge in [-0.1, -0.05) is 13.8 Å². The third kappa shape index (κ3) is 5.72. The molecule has 0 bridgehead atoms. The van der Waals surface area contributed by atoms with Crippen LogP contribution in [0.4, 0.5) is 9.80 Å². The van der Waals surface area contributed by atoms with E-state index >= 15 is 0 Å². The summed E-state index contributed by atoms with van der Waals surface area (Å²) < 4.78 is 26.7. The number of nitrogens with one attached hydrogen (secondary N) is 2. The Morgan fingerprint density at radius 1 is 1.11 bits per heavy atom. The van der Waals surface area contributed by atoms with Crippen LogP contribution in [0.5, 0.6) is 0 Å². The highest BCUT2D eigenvalue weighted by Crippen LogP contribution is 2.38. The molecule has 1 aromatic carbocycles. The number of sulfonamides is 1. The zero-order chi connectivity index (χ0) is 25.9. The smallest absolute Gasteiger partial charge is 0.319 e. The Morgan fingerprint density at radius 3 is 2.29 bits per heavy atom. The number of hydrogen-bond acceptors (Lipinski definition) is 7. The lowest BCUT2D eigenvalue weighted by atomic mass is 10.0. The molecule has 190 valence electrons. The predicted octanol–water partition coefficient (Wildman–Crippen LogP) is 2.61. The van der Waals surface area contributed by atoms with Crippen LogP contribution in [0, 0.1) is 0 Å². The van der Waals surface area contributed by atoms with Crippen molar-refractivity contribution in [3.8, 4) is 0 Å². The maximum Gasteiger partial charge on any atom is 0.319 e. The Morgan fingerprint density at radius 2 is 1.74 bits per heavy atom. The van der Waals surface area contributed by atoms with Gasteiger partial charge in [0.25, 0.3) is 11.8 Å². The Kier molecular flexibility index (Phi) is 8.31. The van der Waals surface area contributed by atoms with Gasteiger partial charge in [-0.2, -0.15) is 4.31 Å². The lowest BCUT2D eigenvalue weighted by Crippen LogP contribution is -2.38. The fraction of sp³-hybridized carbons (Fsp3) is 0.435. The van der Waals surface area contributed by atoms with Crippen LogP contribution in [0.1, 0.15) is 58.9 Å². The molecule has 12 heteroatoms. The molecule has 0 saturated heterocycles. The second-order valence-electron chi connectivity index (χ2n) is 8.41. The van der Waals surface area contributed by atoms with E-state index in [1.165, 1.54) is 39.9 Å². The summed E-state index contributed by atoms with van der Waals surface area (Å²) in [7, 11) is -3.64. The molecule has 1 aliphatic heterocycles. The highest BCUT2D eigenvalue weighted by Gasteiger charge is 2.30. The topological polar surface area (TPSA) is 142 Å². The minimum Gasteiger partial charge on any atom is -0.351 e. The molecule has 0 aliphatic carbocycles. The summed E-state index contributed by atoms with van der Waals surface area (Å²) in [4.78, 5) is 40.4. The molecular formula is C23H31N5O5S2. The van der Waals surface area contributed by atoms with E-state index in [0.29, 0.717) is 37.1 Å². The largest absolute Gasteiger partial charge is 0.351 e. The van der Waals surface area contributed by atoms with Crippen LogP contribution < -0.4 is 16.4 Å². The fourth-order valence-corrected chi connectivity index (χ4v) is 6.76. The number of rotatable bonds is 8. The molecule has 0 fully saturated rings. The molecule has 0 saturated carbocycles. The lowest BCUT2D eigenvalue weighted by molar-refractivity contribution is 0.0965. The number of imide groups is 1. The molecular weight excluding hydrogens is 490 g/mol. The molecule has 4 N–H and O–H groups in total. The minimum atomic E-state index is -3.64. The number of primary amides is 1. The first-order chi connectivity index (χ1) is 16.5. The van der Waals surface area contributed by atoms with E-state index in [0.717, 1.165) is 17.0 Å². The maximum absolute atomic E-state index is 13.0. The van der Waals surface area contributed by atoms with Gasteiger partial charge in [-0.25, -0.2) is 13.2 Å². The third-order valence-electron chi connectivity index (χ3n) is 5.97. The van der Waals surface area contributed by atoms with Crippen molar-refractivity contribution >= 4 is 44.2 Å². The Hall–Kier alpha value is -2.80. The van der Waals surface area contributed by atoms with Crippen LogP contribution in [0.15, 0.2) is 29.2 Å². The number of carbonyl (C=O) groups excluding carboxylic acids is 3. The molecule has 4 amide bonds. The third-order valence-corrected chi connectivity index (χ3v) is 9.16. The van der Waals surface area contributed by atoms with Crippen LogP contribution in [-0.4, -0.2) is 61.1 Å². The number of carbonyl (C=O) groups is 3. The first-order valence-corrected chi connectivity index (χ1v) is 13.7. The summed E-state index contributed by atoms with van der Waals surface area (Å²) in [6.45, 7) is 9.75. The van der Waals surface area contributed by atoms with Crippen LogP contribution in [0.3, 0.4) is 0 Å². The molecule has 0 radical (unpaired) electrons. The van der Waals surface area contributed by atoms with Gasteiger partial charge in [0.05, 0.1) is 10.5 Å². The van der Waals surface area contributed by atoms with Gasteiger partial charge in [0.2, 0.25) is 10.0 Å². The summed E-state index contributed by atoms with van der Waals surface area (Å²) >= 11 is 1.29. The van der Waals surface area contributed by atoms with Crippen LogP contribution in [0.25, 0.3) is 0 Å². The number of fused-ring (bicyclic) bond motifs is 1. The number of anilines is 1. The first kappa shape index (κ1) is 26.8. The van der Waals surface area contributed by atoms with Gasteiger partial charge in [0.1, 0.15) is 5.00 Å². The predicted molar refractivity (Wildman–Crippen MR) is 135 cm³/mol. The van der Waals surface area contributed by atoms with Crippen LogP contribution >= 0.6 is 11.3 Å². The number of nitrogens with zero attached hydrogens (tertiary/aromatic N) is 2. The summed E-state index contributed by atoms with van der Waals surface area (Å²) in [5.41, 5.74) is 6.42. The van der Waals surface area contributed by atoms with Crippen molar-refractivity contribution in [3.63, 3.8) is 0 Å². The number of hydrogen-bond donors (Lipinski definition) is 3. The quantitative estimate of drug-likeness (QED) is 0.487. The second-order valence-corrected chi connectivity index (χ2v) is 11.5. The first-order valence-electron chi connectivity index (χ1n) is 11.4. The van der Waals surface area contributed by atoms with Crippen molar-refractivity contribution in [2.24, 2.45) is 5.73 Å². The van der Waals surface area contributed by atoms with Crippen molar-refractivity contribution in [1.82, 2.24) is 14.5 Å². The van der Waals surface area contributed by atoms with Crippen molar-refractivity contribution in [3.05, 3.63) is 45.8 Å². The van der Waals surface area contributed by atoms with Gasteiger partial charge in [0, 0.05) is 42.7 Å². The average Bonchev–Trinajstić information content (AvgIpc) is 3.16. The molecule has 1 aliphatic rings. The fourth-order valence-electron chi connectivity index (χ4n) is 4.03. The molecule has 0 spiro atoms. The second kappa shape index (κ2) is 10.9. The van der Waals surface area contributed by atoms with E-state index in [1.54, 1.807) is 13.8 Å². The van der Waals surface area contributed by atoms with E-state index in [-0.39, 0.29) is 16.0 Å². The van der Waals surface area contributed by atoms with Gasteiger partial charge in [0.15, 0.2) is 0 Å². The van der Waals surface area contributed by atoms with E-state index in [2.05, 4.69) is 29.4 Å². The molecule has 0 unspecified atom stereocenters. The molecule has 1 aromatic heterocycles. The summed E-state index contributed by atoms with van der Waals surface area (Å²) in [5.74, 6) is -1.16. The molecule has 3 rings (SSSR count). The Balaban J connectivity index is 1.90. The Bertz CT molecular complexity index is 1220. The van der Waals surface area contributed by atoms with Crippen molar-refractivity contribution in [1.29, 1.82) is 0 Å². The van der Waals surface area contributed by atoms with E-state index in [1.807, 2.05) is 0 Å². The number of thiophene rings is 1. The molecule has 2 heterocycles.